The maximum absolute atomic E-state index is 10.6. The normalized spacial score (nSPS) is 9.93. The fourth-order valence-electron chi connectivity index (χ4n) is 1.27. The van der Waals surface area contributed by atoms with Gasteiger partial charge >= 0.3 is 0 Å². The number of nitro groups is 2. The van der Waals surface area contributed by atoms with Gasteiger partial charge in [-0.2, -0.15) is 0 Å². The Morgan fingerprint density at radius 1 is 1.13 bits per heavy atom. The van der Waals surface area contributed by atoms with Crippen LogP contribution in [0.3, 0.4) is 0 Å². The summed E-state index contributed by atoms with van der Waals surface area (Å²) < 4.78 is 0. The summed E-state index contributed by atoms with van der Waals surface area (Å²) in [6.45, 7) is -0.369. The molecule has 0 unspecified atom stereocenters. The molecule has 7 heteroatoms. The first-order valence-corrected chi connectivity index (χ1v) is 4.09. The van der Waals surface area contributed by atoms with Crippen molar-refractivity contribution in [1.29, 1.82) is 0 Å². The number of aliphatic hydroxyl groups is 1. The number of nitro benzene ring substituents is 2. The van der Waals surface area contributed by atoms with Crippen LogP contribution in [-0.2, 0) is 6.42 Å². The third-order valence-electron chi connectivity index (χ3n) is 1.88. The highest BCUT2D eigenvalue weighted by Crippen LogP contribution is 2.28. The second-order valence-corrected chi connectivity index (χ2v) is 2.76. The lowest BCUT2D eigenvalue weighted by atomic mass is 10.1. The van der Waals surface area contributed by atoms with Crippen LogP contribution in [0.5, 0.6) is 0 Å². The van der Waals surface area contributed by atoms with Crippen LogP contribution in [0.4, 0.5) is 11.4 Å². The van der Waals surface area contributed by atoms with Crippen LogP contribution in [-0.4, -0.2) is 21.6 Å². The second-order valence-electron chi connectivity index (χ2n) is 2.76. The minimum absolute atomic E-state index is 0.0463. The summed E-state index contributed by atoms with van der Waals surface area (Å²) in [4.78, 5) is 19.8. The van der Waals surface area contributed by atoms with Gasteiger partial charge in [0.2, 0.25) is 0 Å². The van der Waals surface area contributed by atoms with Crippen molar-refractivity contribution in [2.24, 2.45) is 0 Å². The molecule has 0 bridgehead atoms. The van der Waals surface area contributed by atoms with Gasteiger partial charge in [0, 0.05) is 25.2 Å². The Bertz CT molecular complexity index is 372. The Morgan fingerprint density at radius 3 is 1.93 bits per heavy atom. The number of hydrogen-bond acceptors (Lipinski definition) is 5. The van der Waals surface area contributed by atoms with Crippen LogP contribution >= 0.6 is 0 Å². The van der Waals surface area contributed by atoms with Crippen molar-refractivity contribution in [3.63, 3.8) is 0 Å². The molecule has 0 fully saturated rings. The number of aliphatic hydroxyl groups excluding tert-OH is 1. The molecule has 0 spiro atoms. The second kappa shape index (κ2) is 4.47. The van der Waals surface area contributed by atoms with Gasteiger partial charge < -0.3 is 5.11 Å². The van der Waals surface area contributed by atoms with Gasteiger partial charge in [0.05, 0.1) is 9.85 Å². The van der Waals surface area contributed by atoms with Crippen molar-refractivity contribution >= 4 is 11.4 Å². The summed E-state index contributed by atoms with van der Waals surface area (Å²) in [5, 5.41) is 29.8. The van der Waals surface area contributed by atoms with Gasteiger partial charge in [0.25, 0.3) is 11.4 Å². The monoisotopic (exact) mass is 212 g/mol. The molecule has 0 saturated heterocycles. The van der Waals surface area contributed by atoms with Crippen molar-refractivity contribution in [1.82, 2.24) is 0 Å². The summed E-state index contributed by atoms with van der Waals surface area (Å²) in [5.74, 6) is 0. The Hall–Kier alpha value is -2.02. The van der Waals surface area contributed by atoms with Gasteiger partial charge in [-0.15, -0.1) is 0 Å². The van der Waals surface area contributed by atoms with Gasteiger partial charge in [-0.1, -0.05) is 0 Å². The molecule has 0 aliphatic rings. The maximum atomic E-state index is 10.6. The number of nitrogens with zero attached hydrogens (tertiary/aromatic N) is 2. The molecule has 0 aromatic heterocycles. The Labute approximate surface area is 84.3 Å². The van der Waals surface area contributed by atoms with Crippen LogP contribution in [0.25, 0.3) is 0 Å². The SMILES string of the molecule is O=[N+]([O-])c1cccc([N+](=O)[O-])c1CCO. The van der Waals surface area contributed by atoms with Crippen molar-refractivity contribution in [3.05, 3.63) is 44.0 Å². The number of hydrogen-bond donors (Lipinski definition) is 1. The Morgan fingerprint density at radius 2 is 1.60 bits per heavy atom. The fraction of sp³-hybridized carbons (Fsp3) is 0.250. The number of rotatable bonds is 4. The van der Waals surface area contributed by atoms with Crippen molar-refractivity contribution in [2.75, 3.05) is 6.61 Å². The third-order valence-corrected chi connectivity index (χ3v) is 1.88. The predicted molar refractivity (Wildman–Crippen MR) is 50.5 cm³/mol. The molecule has 15 heavy (non-hydrogen) atoms. The molecule has 1 N–H and O–H groups in total. The highest BCUT2D eigenvalue weighted by molar-refractivity contribution is 5.53. The van der Waals surface area contributed by atoms with E-state index in [1.165, 1.54) is 18.2 Å². The maximum Gasteiger partial charge on any atom is 0.279 e. The van der Waals surface area contributed by atoms with E-state index < -0.39 is 9.85 Å². The van der Waals surface area contributed by atoms with E-state index in [0.29, 0.717) is 0 Å². The third kappa shape index (κ3) is 2.26. The molecule has 1 aromatic rings. The van der Waals surface area contributed by atoms with E-state index in [-0.39, 0.29) is 30.0 Å². The summed E-state index contributed by atoms with van der Waals surface area (Å²) in [6.07, 6.45) is -0.104. The molecule has 1 rings (SSSR count). The standard InChI is InChI=1S/C8H8N2O5/c11-5-4-6-7(9(12)13)2-1-3-8(6)10(14)15/h1-3,11H,4-5H2. The summed E-state index contributed by atoms with van der Waals surface area (Å²) in [7, 11) is 0. The summed E-state index contributed by atoms with van der Waals surface area (Å²) >= 11 is 0. The fourth-order valence-corrected chi connectivity index (χ4v) is 1.27. The van der Waals surface area contributed by atoms with Crippen LogP contribution in [0.15, 0.2) is 18.2 Å². The van der Waals surface area contributed by atoms with Crippen LogP contribution in [0, 0.1) is 20.2 Å². The van der Waals surface area contributed by atoms with Crippen LogP contribution in [0.2, 0.25) is 0 Å². The molecule has 0 atom stereocenters. The first-order valence-electron chi connectivity index (χ1n) is 4.09. The minimum Gasteiger partial charge on any atom is -0.396 e. The average Bonchev–Trinajstić information content (AvgIpc) is 2.17. The molecule has 0 aliphatic carbocycles. The molecule has 0 radical (unpaired) electrons. The molecule has 80 valence electrons. The highest BCUT2D eigenvalue weighted by atomic mass is 16.6. The average molecular weight is 212 g/mol. The van der Waals surface area contributed by atoms with E-state index in [2.05, 4.69) is 0 Å². The molecule has 1 aromatic carbocycles. The topological polar surface area (TPSA) is 107 Å². The summed E-state index contributed by atoms with van der Waals surface area (Å²) in [6, 6.07) is 3.60. The highest BCUT2D eigenvalue weighted by Gasteiger charge is 2.23. The lowest BCUT2D eigenvalue weighted by Gasteiger charge is -2.01. The molecular weight excluding hydrogens is 204 g/mol. The van der Waals surface area contributed by atoms with E-state index >= 15 is 0 Å². The van der Waals surface area contributed by atoms with Crippen molar-refractivity contribution < 1.29 is 15.0 Å². The zero-order valence-corrected chi connectivity index (χ0v) is 7.62. The lowest BCUT2D eigenvalue weighted by molar-refractivity contribution is -0.395. The van der Waals surface area contributed by atoms with E-state index in [9.17, 15) is 20.2 Å². The van der Waals surface area contributed by atoms with E-state index in [4.69, 9.17) is 5.11 Å². The molecular formula is C8H8N2O5. The zero-order chi connectivity index (χ0) is 11.4. The van der Waals surface area contributed by atoms with Gasteiger partial charge in [-0.3, -0.25) is 20.2 Å². The summed E-state index contributed by atoms with van der Waals surface area (Å²) in [5.41, 5.74) is -0.716. The zero-order valence-electron chi connectivity index (χ0n) is 7.62. The van der Waals surface area contributed by atoms with E-state index in [0.717, 1.165) is 0 Å². The van der Waals surface area contributed by atoms with Gasteiger partial charge in [0.1, 0.15) is 5.56 Å². The Balaban J connectivity index is 3.34. The molecule has 0 aliphatic heterocycles. The van der Waals surface area contributed by atoms with Gasteiger partial charge in [-0.05, 0) is 6.07 Å². The minimum atomic E-state index is -0.696. The lowest BCUT2D eigenvalue weighted by Crippen LogP contribution is -2.02. The van der Waals surface area contributed by atoms with Gasteiger partial charge in [-0.25, -0.2) is 0 Å². The quantitative estimate of drug-likeness (QED) is 0.592. The predicted octanol–water partition coefficient (Wildman–Crippen LogP) is 1.04. The van der Waals surface area contributed by atoms with Crippen LogP contribution in [0.1, 0.15) is 5.56 Å². The first-order chi connectivity index (χ1) is 7.07. The number of benzene rings is 1. The van der Waals surface area contributed by atoms with E-state index in [1.54, 1.807) is 0 Å². The van der Waals surface area contributed by atoms with Crippen molar-refractivity contribution in [2.45, 2.75) is 6.42 Å². The smallest absolute Gasteiger partial charge is 0.279 e. The first kappa shape index (κ1) is 11.1. The molecule has 7 nitrogen and oxygen atoms in total. The van der Waals surface area contributed by atoms with Crippen molar-refractivity contribution in [3.8, 4) is 0 Å². The Kier molecular flexibility index (Phi) is 3.29. The molecule has 0 amide bonds. The largest absolute Gasteiger partial charge is 0.396 e. The van der Waals surface area contributed by atoms with Gasteiger partial charge in [0.15, 0.2) is 0 Å². The molecule has 0 heterocycles. The van der Waals surface area contributed by atoms with Crippen LogP contribution < -0.4 is 0 Å². The van der Waals surface area contributed by atoms with E-state index in [1.807, 2.05) is 0 Å². The molecule has 0 saturated carbocycles.